The normalized spacial score (nSPS) is 14.7. The lowest BCUT2D eigenvalue weighted by atomic mass is 9.88. The Labute approximate surface area is 172 Å². The van der Waals surface area contributed by atoms with E-state index in [0.717, 1.165) is 42.8 Å². The van der Waals surface area contributed by atoms with E-state index in [0.29, 0.717) is 12.5 Å². The van der Waals surface area contributed by atoms with Crippen LogP contribution in [0, 0.1) is 5.92 Å². The highest BCUT2D eigenvalue weighted by Gasteiger charge is 2.30. The average Bonchev–Trinajstić information content (AvgIpc) is 2.80. The molecule has 0 spiro atoms. The van der Waals surface area contributed by atoms with E-state index >= 15 is 0 Å². The number of likely N-dealkylation sites (tertiary alicyclic amines) is 1. The van der Waals surface area contributed by atoms with Crippen LogP contribution in [0.15, 0.2) is 91.0 Å². The predicted octanol–water partition coefficient (Wildman–Crippen LogP) is 5.14. The minimum atomic E-state index is -0.241. The molecule has 1 fully saturated rings. The zero-order valence-corrected chi connectivity index (χ0v) is 16.6. The fourth-order valence-corrected chi connectivity index (χ4v) is 4.00. The molecule has 0 N–H and O–H groups in total. The van der Waals surface area contributed by atoms with Gasteiger partial charge in [-0.2, -0.15) is 0 Å². The fraction of sp³-hybridized carbons (Fsp3) is 0.269. The largest absolute Gasteiger partial charge is 0.493 e. The summed E-state index contributed by atoms with van der Waals surface area (Å²) in [6.45, 7) is 2.29. The van der Waals surface area contributed by atoms with Gasteiger partial charge in [-0.3, -0.25) is 4.79 Å². The Balaban J connectivity index is 1.40. The molecule has 0 bridgehead atoms. The molecular weight excluding hydrogens is 358 g/mol. The van der Waals surface area contributed by atoms with Crippen LogP contribution in [0.3, 0.4) is 0 Å². The van der Waals surface area contributed by atoms with Gasteiger partial charge in [-0.1, -0.05) is 78.9 Å². The fourth-order valence-electron chi connectivity index (χ4n) is 4.00. The van der Waals surface area contributed by atoms with Gasteiger partial charge >= 0.3 is 0 Å². The van der Waals surface area contributed by atoms with E-state index in [9.17, 15) is 4.79 Å². The van der Waals surface area contributed by atoms with E-state index < -0.39 is 0 Å². The molecule has 0 atom stereocenters. The monoisotopic (exact) mass is 385 g/mol. The van der Waals surface area contributed by atoms with Gasteiger partial charge in [0.2, 0.25) is 5.91 Å². The van der Waals surface area contributed by atoms with Gasteiger partial charge in [0.15, 0.2) is 0 Å². The number of hydrogen-bond donors (Lipinski definition) is 0. The molecular formula is C26H27NO2. The molecule has 0 aromatic heterocycles. The highest BCUT2D eigenvalue weighted by molar-refractivity contribution is 5.87. The lowest BCUT2D eigenvalue weighted by Gasteiger charge is -2.34. The molecule has 3 heteroatoms. The summed E-state index contributed by atoms with van der Waals surface area (Å²) < 4.78 is 5.92. The second-order valence-electron chi connectivity index (χ2n) is 7.65. The van der Waals surface area contributed by atoms with Gasteiger partial charge in [0.1, 0.15) is 5.75 Å². The van der Waals surface area contributed by atoms with Gasteiger partial charge in [0, 0.05) is 13.1 Å². The summed E-state index contributed by atoms with van der Waals surface area (Å²) in [6, 6.07) is 30.2. The first-order chi connectivity index (χ1) is 14.3. The maximum Gasteiger partial charge on any atom is 0.234 e. The van der Waals surface area contributed by atoms with Gasteiger partial charge in [-0.25, -0.2) is 0 Å². The van der Waals surface area contributed by atoms with Crippen molar-refractivity contribution in [2.75, 3.05) is 19.7 Å². The number of para-hydroxylation sites is 1. The van der Waals surface area contributed by atoms with Gasteiger partial charge in [-0.05, 0) is 42.0 Å². The molecule has 1 heterocycles. The third kappa shape index (κ3) is 4.86. The third-order valence-electron chi connectivity index (χ3n) is 5.67. The topological polar surface area (TPSA) is 29.5 Å². The van der Waals surface area contributed by atoms with Crippen molar-refractivity contribution in [3.8, 4) is 5.75 Å². The van der Waals surface area contributed by atoms with Crippen LogP contribution in [-0.4, -0.2) is 30.5 Å². The van der Waals surface area contributed by atoms with E-state index in [4.69, 9.17) is 4.74 Å². The summed E-state index contributed by atoms with van der Waals surface area (Å²) in [5, 5.41) is 0. The van der Waals surface area contributed by atoms with Crippen molar-refractivity contribution >= 4 is 5.91 Å². The third-order valence-corrected chi connectivity index (χ3v) is 5.67. The summed E-state index contributed by atoms with van der Waals surface area (Å²) in [7, 11) is 0. The lowest BCUT2D eigenvalue weighted by Crippen LogP contribution is -2.42. The number of piperidine rings is 1. The average molecular weight is 386 g/mol. The Morgan fingerprint density at radius 2 is 1.28 bits per heavy atom. The Hall–Kier alpha value is -3.07. The first-order valence-electron chi connectivity index (χ1n) is 10.4. The number of nitrogens with zero attached hydrogens (tertiary/aromatic N) is 1. The van der Waals surface area contributed by atoms with E-state index in [-0.39, 0.29) is 11.8 Å². The molecule has 0 unspecified atom stereocenters. The molecule has 1 aliphatic heterocycles. The number of carbonyl (C=O) groups is 1. The van der Waals surface area contributed by atoms with Crippen LogP contribution < -0.4 is 4.74 Å². The molecule has 3 nitrogen and oxygen atoms in total. The second-order valence-corrected chi connectivity index (χ2v) is 7.65. The number of carbonyl (C=O) groups excluding carboxylic acids is 1. The lowest BCUT2D eigenvalue weighted by molar-refractivity contribution is -0.133. The predicted molar refractivity (Wildman–Crippen MR) is 116 cm³/mol. The van der Waals surface area contributed by atoms with Crippen LogP contribution in [-0.2, 0) is 4.79 Å². The summed E-state index contributed by atoms with van der Waals surface area (Å²) in [6.07, 6.45) is 1.96. The highest BCUT2D eigenvalue weighted by Crippen LogP contribution is 2.29. The summed E-state index contributed by atoms with van der Waals surface area (Å²) in [5.41, 5.74) is 2.11. The Bertz CT molecular complexity index is 848. The summed E-state index contributed by atoms with van der Waals surface area (Å²) >= 11 is 0. The highest BCUT2D eigenvalue weighted by atomic mass is 16.5. The number of benzene rings is 3. The van der Waals surface area contributed by atoms with E-state index in [1.54, 1.807) is 0 Å². The maximum atomic E-state index is 13.5. The van der Waals surface area contributed by atoms with E-state index in [2.05, 4.69) is 24.3 Å². The first kappa shape index (κ1) is 19.3. The molecule has 0 radical (unpaired) electrons. The van der Waals surface area contributed by atoms with Crippen molar-refractivity contribution in [2.24, 2.45) is 5.92 Å². The van der Waals surface area contributed by atoms with Gasteiger partial charge in [0.05, 0.1) is 12.5 Å². The molecule has 148 valence electrons. The van der Waals surface area contributed by atoms with Crippen molar-refractivity contribution in [1.29, 1.82) is 0 Å². The molecule has 1 aliphatic rings. The quantitative estimate of drug-likeness (QED) is 0.588. The van der Waals surface area contributed by atoms with E-state index in [1.165, 1.54) is 0 Å². The molecule has 0 aliphatic carbocycles. The second kappa shape index (κ2) is 9.42. The van der Waals surface area contributed by atoms with Crippen molar-refractivity contribution in [2.45, 2.75) is 18.8 Å². The SMILES string of the molecule is O=C(C(c1ccccc1)c1ccccc1)N1CCC(COc2ccccc2)CC1. The number of hydrogen-bond acceptors (Lipinski definition) is 2. The van der Waals surface area contributed by atoms with Crippen molar-refractivity contribution in [3.05, 3.63) is 102 Å². The Morgan fingerprint density at radius 1 is 0.793 bits per heavy atom. The van der Waals surface area contributed by atoms with Crippen LogP contribution in [0.25, 0.3) is 0 Å². The van der Waals surface area contributed by atoms with Crippen LogP contribution in [0.5, 0.6) is 5.75 Å². The van der Waals surface area contributed by atoms with Crippen LogP contribution in [0.2, 0.25) is 0 Å². The minimum Gasteiger partial charge on any atom is -0.493 e. The molecule has 29 heavy (non-hydrogen) atoms. The summed E-state index contributed by atoms with van der Waals surface area (Å²) in [5.74, 6) is 1.37. The summed E-state index contributed by atoms with van der Waals surface area (Å²) in [4.78, 5) is 15.5. The zero-order valence-electron chi connectivity index (χ0n) is 16.6. The van der Waals surface area contributed by atoms with Gasteiger partial charge in [0.25, 0.3) is 0 Å². The van der Waals surface area contributed by atoms with Crippen molar-refractivity contribution in [3.63, 3.8) is 0 Å². The van der Waals surface area contributed by atoms with Crippen LogP contribution in [0.4, 0.5) is 0 Å². The smallest absolute Gasteiger partial charge is 0.234 e. The number of rotatable bonds is 6. The van der Waals surface area contributed by atoms with Crippen LogP contribution in [0.1, 0.15) is 29.9 Å². The first-order valence-corrected chi connectivity index (χ1v) is 10.4. The zero-order chi connectivity index (χ0) is 19.9. The van der Waals surface area contributed by atoms with Crippen molar-refractivity contribution in [1.82, 2.24) is 4.90 Å². The molecule has 3 aromatic carbocycles. The molecule has 1 amide bonds. The Morgan fingerprint density at radius 3 is 1.79 bits per heavy atom. The molecule has 1 saturated heterocycles. The van der Waals surface area contributed by atoms with Crippen LogP contribution >= 0.6 is 0 Å². The minimum absolute atomic E-state index is 0.199. The van der Waals surface area contributed by atoms with E-state index in [1.807, 2.05) is 71.6 Å². The number of ether oxygens (including phenoxy) is 1. The maximum absolute atomic E-state index is 13.5. The molecule has 0 saturated carbocycles. The van der Waals surface area contributed by atoms with Gasteiger partial charge < -0.3 is 9.64 Å². The molecule has 4 rings (SSSR count). The Kier molecular flexibility index (Phi) is 6.25. The van der Waals surface area contributed by atoms with Crippen molar-refractivity contribution < 1.29 is 9.53 Å². The number of amides is 1. The molecule has 3 aromatic rings. The standard InChI is InChI=1S/C26H27NO2/c28-26(25(22-10-4-1-5-11-22)23-12-6-2-7-13-23)27-18-16-21(17-19-27)20-29-24-14-8-3-9-15-24/h1-15,21,25H,16-20H2. The van der Waals surface area contributed by atoms with Gasteiger partial charge in [-0.15, -0.1) is 0 Å².